The molecule has 3 heteroatoms. The molecule has 1 unspecified atom stereocenters. The summed E-state index contributed by atoms with van der Waals surface area (Å²) >= 11 is 6.97. The van der Waals surface area contributed by atoms with Gasteiger partial charge in [0.05, 0.1) is 6.10 Å². The predicted octanol–water partition coefficient (Wildman–Crippen LogP) is 5.10. The quantitative estimate of drug-likeness (QED) is 0.781. The summed E-state index contributed by atoms with van der Waals surface area (Å²) in [6.07, 6.45) is 0.155. The third-order valence-corrected chi connectivity index (χ3v) is 4.57. The van der Waals surface area contributed by atoms with Crippen LogP contribution in [0.2, 0.25) is 0 Å². The Labute approximate surface area is 130 Å². The molecular weight excluding hydrogens is 368 g/mol. The van der Waals surface area contributed by atoms with Crippen molar-refractivity contribution in [3.8, 4) is 0 Å². The number of aliphatic hydroxyl groups excluding tert-OH is 1. The van der Waals surface area contributed by atoms with Crippen LogP contribution in [-0.2, 0) is 6.42 Å². The second-order valence-electron chi connectivity index (χ2n) is 4.81. The average molecular weight is 384 g/mol. The van der Waals surface area contributed by atoms with E-state index in [0.717, 1.165) is 31.2 Å². The van der Waals surface area contributed by atoms with Crippen molar-refractivity contribution in [2.45, 2.75) is 26.4 Å². The predicted molar refractivity (Wildman–Crippen MR) is 86.4 cm³/mol. The number of hydrogen-bond donors (Lipinski definition) is 1. The Balaban J connectivity index is 2.25. The summed E-state index contributed by atoms with van der Waals surface area (Å²) < 4.78 is 2.13. The summed E-state index contributed by atoms with van der Waals surface area (Å²) in [5.74, 6) is 0. The smallest absolute Gasteiger partial charge is 0.0833 e. The van der Waals surface area contributed by atoms with Gasteiger partial charge in [0.1, 0.15) is 0 Å². The molecule has 0 bridgehead atoms. The third-order valence-electron chi connectivity index (χ3n) is 3.22. The van der Waals surface area contributed by atoms with Crippen molar-refractivity contribution in [2.75, 3.05) is 0 Å². The molecule has 0 saturated heterocycles. The zero-order valence-corrected chi connectivity index (χ0v) is 14.1. The maximum atomic E-state index is 10.4. The van der Waals surface area contributed by atoms with Crippen LogP contribution in [0.1, 0.15) is 28.4 Å². The zero-order chi connectivity index (χ0) is 14.0. The topological polar surface area (TPSA) is 20.2 Å². The van der Waals surface area contributed by atoms with E-state index in [0.29, 0.717) is 6.42 Å². The van der Waals surface area contributed by atoms with Gasteiger partial charge in [0.15, 0.2) is 0 Å². The Bertz CT molecular complexity index is 593. The Morgan fingerprint density at radius 1 is 1.05 bits per heavy atom. The van der Waals surface area contributed by atoms with Crippen molar-refractivity contribution in [3.63, 3.8) is 0 Å². The largest absolute Gasteiger partial charge is 0.388 e. The lowest BCUT2D eigenvalue weighted by molar-refractivity contribution is 0.177. The lowest BCUT2D eigenvalue weighted by Crippen LogP contribution is -2.04. The lowest BCUT2D eigenvalue weighted by Gasteiger charge is -2.16. The van der Waals surface area contributed by atoms with E-state index in [2.05, 4.69) is 44.0 Å². The van der Waals surface area contributed by atoms with Crippen LogP contribution in [-0.4, -0.2) is 5.11 Å². The van der Waals surface area contributed by atoms with E-state index < -0.39 is 6.10 Å². The van der Waals surface area contributed by atoms with E-state index >= 15 is 0 Å². The van der Waals surface area contributed by atoms with E-state index in [4.69, 9.17) is 0 Å². The summed E-state index contributed by atoms with van der Waals surface area (Å²) in [5, 5.41) is 10.4. The standard InChI is InChI=1S/C16H16Br2O/c1-10-7-15(18)11(2)6-14(10)16(19)9-12-4-3-5-13(17)8-12/h3-8,16,19H,9H2,1-2H3. The molecule has 2 aromatic carbocycles. The normalized spacial score (nSPS) is 12.5. The van der Waals surface area contributed by atoms with Crippen molar-refractivity contribution < 1.29 is 5.11 Å². The fraction of sp³-hybridized carbons (Fsp3) is 0.250. The van der Waals surface area contributed by atoms with E-state index in [1.165, 1.54) is 0 Å². The molecule has 0 aliphatic heterocycles. The monoisotopic (exact) mass is 382 g/mol. The van der Waals surface area contributed by atoms with E-state index in [1.54, 1.807) is 0 Å². The van der Waals surface area contributed by atoms with Gasteiger partial charge in [-0.15, -0.1) is 0 Å². The van der Waals surface area contributed by atoms with Crippen LogP contribution in [0.3, 0.4) is 0 Å². The van der Waals surface area contributed by atoms with Crippen molar-refractivity contribution in [1.82, 2.24) is 0 Å². The second-order valence-corrected chi connectivity index (χ2v) is 6.58. The maximum absolute atomic E-state index is 10.4. The summed E-state index contributed by atoms with van der Waals surface area (Å²) in [4.78, 5) is 0. The molecule has 0 aliphatic carbocycles. The summed E-state index contributed by atoms with van der Waals surface area (Å²) in [5.41, 5.74) is 4.39. The molecule has 0 amide bonds. The summed E-state index contributed by atoms with van der Waals surface area (Å²) in [7, 11) is 0. The van der Waals surface area contributed by atoms with E-state index in [-0.39, 0.29) is 0 Å². The molecule has 0 radical (unpaired) electrons. The van der Waals surface area contributed by atoms with Gasteiger partial charge in [-0.3, -0.25) is 0 Å². The molecule has 0 aromatic heterocycles. The summed E-state index contributed by atoms with van der Waals surface area (Å²) in [6.45, 7) is 4.07. The highest BCUT2D eigenvalue weighted by atomic mass is 79.9. The maximum Gasteiger partial charge on any atom is 0.0833 e. The van der Waals surface area contributed by atoms with Gasteiger partial charge in [0.25, 0.3) is 0 Å². The molecule has 100 valence electrons. The molecule has 1 nitrogen and oxygen atoms in total. The molecule has 0 spiro atoms. The highest BCUT2D eigenvalue weighted by Gasteiger charge is 2.13. The minimum absolute atomic E-state index is 0.471. The Morgan fingerprint density at radius 3 is 2.47 bits per heavy atom. The van der Waals surface area contributed by atoms with Gasteiger partial charge < -0.3 is 5.11 Å². The van der Waals surface area contributed by atoms with Crippen LogP contribution in [0.5, 0.6) is 0 Å². The van der Waals surface area contributed by atoms with Crippen LogP contribution in [0, 0.1) is 13.8 Å². The molecule has 1 N–H and O–H groups in total. The number of rotatable bonds is 3. The molecule has 1 atom stereocenters. The van der Waals surface area contributed by atoms with Crippen LogP contribution in [0.15, 0.2) is 45.3 Å². The molecule has 19 heavy (non-hydrogen) atoms. The second kappa shape index (κ2) is 6.21. The van der Waals surface area contributed by atoms with Crippen molar-refractivity contribution in [1.29, 1.82) is 0 Å². The average Bonchev–Trinajstić information content (AvgIpc) is 2.33. The van der Waals surface area contributed by atoms with Crippen molar-refractivity contribution in [2.24, 2.45) is 0 Å². The molecule has 2 aromatic rings. The molecule has 0 heterocycles. The first-order chi connectivity index (χ1) is 8.97. The van der Waals surface area contributed by atoms with Crippen molar-refractivity contribution in [3.05, 3.63) is 67.6 Å². The van der Waals surface area contributed by atoms with Gasteiger partial charge in [-0.25, -0.2) is 0 Å². The number of aliphatic hydroxyl groups is 1. The zero-order valence-electron chi connectivity index (χ0n) is 11.0. The first-order valence-electron chi connectivity index (χ1n) is 6.16. The fourth-order valence-electron chi connectivity index (χ4n) is 2.16. The minimum Gasteiger partial charge on any atom is -0.388 e. The summed E-state index contributed by atoms with van der Waals surface area (Å²) in [6, 6.07) is 12.2. The fourth-order valence-corrected chi connectivity index (χ4v) is 3.06. The van der Waals surface area contributed by atoms with Gasteiger partial charge in [0.2, 0.25) is 0 Å². The Kier molecular flexibility index (Phi) is 4.82. The first-order valence-corrected chi connectivity index (χ1v) is 7.75. The van der Waals surface area contributed by atoms with Crippen molar-refractivity contribution >= 4 is 31.9 Å². The SMILES string of the molecule is Cc1cc(C(O)Cc2cccc(Br)c2)c(C)cc1Br. The number of halogens is 2. The van der Waals surface area contributed by atoms with E-state index in [9.17, 15) is 5.11 Å². The molecule has 0 fully saturated rings. The molecule has 0 aliphatic rings. The number of aryl methyl sites for hydroxylation is 2. The first kappa shape index (κ1) is 14.8. The third kappa shape index (κ3) is 3.68. The minimum atomic E-state index is -0.471. The molecular formula is C16H16Br2O. The highest BCUT2D eigenvalue weighted by molar-refractivity contribution is 9.10. The van der Waals surface area contributed by atoms with Crippen LogP contribution < -0.4 is 0 Å². The molecule has 0 saturated carbocycles. The van der Waals surface area contributed by atoms with Gasteiger partial charge in [-0.05, 0) is 54.3 Å². The van der Waals surface area contributed by atoms with Gasteiger partial charge in [0, 0.05) is 15.4 Å². The number of hydrogen-bond acceptors (Lipinski definition) is 1. The van der Waals surface area contributed by atoms with Crippen LogP contribution in [0.4, 0.5) is 0 Å². The van der Waals surface area contributed by atoms with Gasteiger partial charge in [-0.2, -0.15) is 0 Å². The Morgan fingerprint density at radius 2 is 1.79 bits per heavy atom. The molecule has 2 rings (SSSR count). The van der Waals surface area contributed by atoms with Gasteiger partial charge >= 0.3 is 0 Å². The van der Waals surface area contributed by atoms with Gasteiger partial charge in [-0.1, -0.05) is 50.1 Å². The Hall–Kier alpha value is -0.640. The lowest BCUT2D eigenvalue weighted by atomic mass is 9.96. The number of benzene rings is 2. The van der Waals surface area contributed by atoms with Crippen LogP contribution in [0.25, 0.3) is 0 Å². The van der Waals surface area contributed by atoms with Crippen LogP contribution >= 0.6 is 31.9 Å². The highest BCUT2D eigenvalue weighted by Crippen LogP contribution is 2.27. The van der Waals surface area contributed by atoms with E-state index in [1.807, 2.05) is 38.1 Å².